The van der Waals surface area contributed by atoms with Gasteiger partial charge in [0.15, 0.2) is 0 Å². The minimum absolute atomic E-state index is 0.00887. The van der Waals surface area contributed by atoms with E-state index in [9.17, 15) is 9.59 Å². The fraction of sp³-hybridized carbons (Fsp3) is 0.208. The minimum atomic E-state index is -0.478. The van der Waals surface area contributed by atoms with Crippen molar-refractivity contribution in [2.75, 3.05) is 6.54 Å². The molecule has 2 aromatic carbocycles. The average Bonchev–Trinajstić information content (AvgIpc) is 3.47. The highest BCUT2D eigenvalue weighted by Gasteiger charge is 2.34. The van der Waals surface area contributed by atoms with Crippen LogP contribution in [0, 0.1) is 0 Å². The number of benzene rings is 2. The highest BCUT2D eigenvalue weighted by Crippen LogP contribution is 2.20. The summed E-state index contributed by atoms with van der Waals surface area (Å²) in [5.74, 6) is -0.248. The van der Waals surface area contributed by atoms with E-state index in [1.807, 2.05) is 78.2 Å². The first-order valence-electron chi connectivity index (χ1n) is 10.0. The van der Waals surface area contributed by atoms with Gasteiger partial charge >= 0.3 is 0 Å². The smallest absolute Gasteiger partial charge is 0.262 e. The highest BCUT2D eigenvalue weighted by molar-refractivity contribution is 7.10. The van der Waals surface area contributed by atoms with E-state index in [1.54, 1.807) is 16.2 Å². The van der Waals surface area contributed by atoms with Crippen molar-refractivity contribution in [1.29, 1.82) is 0 Å². The van der Waals surface area contributed by atoms with Crippen LogP contribution in [0.25, 0.3) is 0 Å². The number of carbonyl (C=O) groups is 2. The average molecular weight is 418 g/mol. The van der Waals surface area contributed by atoms with Crippen LogP contribution in [-0.4, -0.2) is 35.0 Å². The molecular weight excluding hydrogens is 394 g/mol. The van der Waals surface area contributed by atoms with Gasteiger partial charge in [-0.25, -0.2) is 5.43 Å². The summed E-state index contributed by atoms with van der Waals surface area (Å²) in [5.41, 5.74) is 5.25. The van der Waals surface area contributed by atoms with Crippen molar-refractivity contribution < 1.29 is 9.59 Å². The summed E-state index contributed by atoms with van der Waals surface area (Å²) in [7, 11) is 0. The van der Waals surface area contributed by atoms with Gasteiger partial charge in [-0.15, -0.1) is 11.3 Å². The molecule has 5 nitrogen and oxygen atoms in total. The molecule has 1 saturated heterocycles. The van der Waals surface area contributed by atoms with E-state index in [2.05, 4.69) is 10.5 Å². The van der Waals surface area contributed by atoms with Crippen molar-refractivity contribution in [1.82, 2.24) is 10.3 Å². The number of hydrogen-bond acceptors (Lipinski definition) is 4. The van der Waals surface area contributed by atoms with E-state index in [4.69, 9.17) is 0 Å². The molecule has 0 bridgehead atoms. The topological polar surface area (TPSA) is 61.8 Å². The summed E-state index contributed by atoms with van der Waals surface area (Å²) in [6.07, 6.45) is 1.82. The Morgan fingerprint density at radius 2 is 1.63 bits per heavy atom. The third-order valence-electron chi connectivity index (χ3n) is 5.15. The molecule has 0 saturated carbocycles. The number of thiophene rings is 1. The Bertz CT molecular complexity index is 976. The Kier molecular flexibility index (Phi) is 6.35. The van der Waals surface area contributed by atoms with Crippen LogP contribution < -0.4 is 5.43 Å². The molecule has 1 aliphatic rings. The largest absolute Gasteiger partial charge is 0.330 e. The second kappa shape index (κ2) is 9.50. The summed E-state index contributed by atoms with van der Waals surface area (Å²) in [6.45, 7) is 0.607. The first-order valence-corrected chi connectivity index (χ1v) is 10.9. The molecule has 1 atom stereocenters. The Morgan fingerprint density at radius 3 is 2.23 bits per heavy atom. The lowest BCUT2D eigenvalue weighted by Crippen LogP contribution is -2.45. The molecule has 2 heterocycles. The summed E-state index contributed by atoms with van der Waals surface area (Å²) in [6, 6.07) is 22.9. The van der Waals surface area contributed by atoms with Gasteiger partial charge in [-0.1, -0.05) is 66.7 Å². The van der Waals surface area contributed by atoms with E-state index in [-0.39, 0.29) is 11.8 Å². The maximum Gasteiger partial charge on any atom is 0.262 e. The van der Waals surface area contributed by atoms with Gasteiger partial charge < -0.3 is 4.90 Å². The molecule has 1 fully saturated rings. The van der Waals surface area contributed by atoms with Crippen LogP contribution in [0.4, 0.5) is 0 Å². The van der Waals surface area contributed by atoms with Gasteiger partial charge in [0.2, 0.25) is 5.91 Å². The molecule has 1 aromatic heterocycles. The monoisotopic (exact) mass is 417 g/mol. The zero-order valence-electron chi connectivity index (χ0n) is 16.5. The van der Waals surface area contributed by atoms with Crippen LogP contribution in [0.15, 0.2) is 83.3 Å². The normalized spacial score (nSPS) is 15.6. The van der Waals surface area contributed by atoms with Crippen molar-refractivity contribution in [3.05, 3.63) is 94.2 Å². The Morgan fingerprint density at radius 1 is 0.967 bits per heavy atom. The van der Waals surface area contributed by atoms with Gasteiger partial charge in [-0.3, -0.25) is 9.59 Å². The van der Waals surface area contributed by atoms with Crippen LogP contribution in [-0.2, 0) is 16.0 Å². The quantitative estimate of drug-likeness (QED) is 0.489. The van der Waals surface area contributed by atoms with Crippen LogP contribution in [0.2, 0.25) is 0 Å². The predicted molar refractivity (Wildman–Crippen MR) is 119 cm³/mol. The lowest BCUT2D eigenvalue weighted by Gasteiger charge is -2.23. The number of rotatable bonds is 6. The van der Waals surface area contributed by atoms with Gasteiger partial charge in [0, 0.05) is 22.5 Å². The standard InChI is InChI=1S/C24H23N3O2S/c28-22(17-20-13-8-16-30-20)27-15-7-14-21(27)24(29)26-25-23(18-9-3-1-4-10-18)19-11-5-2-6-12-19/h1-6,8-13,16,21H,7,14-15,17H2,(H,26,29). The maximum absolute atomic E-state index is 12.9. The number of nitrogens with one attached hydrogen (secondary N) is 1. The van der Waals surface area contributed by atoms with E-state index < -0.39 is 6.04 Å². The number of hydrogen-bond donors (Lipinski definition) is 1. The van der Waals surface area contributed by atoms with Gasteiger partial charge in [-0.05, 0) is 24.3 Å². The van der Waals surface area contributed by atoms with E-state index in [0.717, 1.165) is 22.4 Å². The second-order valence-electron chi connectivity index (χ2n) is 7.17. The predicted octanol–water partition coefficient (Wildman–Crippen LogP) is 3.85. The van der Waals surface area contributed by atoms with Crippen LogP contribution >= 0.6 is 11.3 Å². The minimum Gasteiger partial charge on any atom is -0.330 e. The molecule has 30 heavy (non-hydrogen) atoms. The molecule has 2 amide bonds. The number of hydrazone groups is 1. The molecule has 4 rings (SSSR count). The summed E-state index contributed by atoms with van der Waals surface area (Å²) < 4.78 is 0. The Labute approximate surface area is 180 Å². The molecule has 3 aromatic rings. The van der Waals surface area contributed by atoms with Crippen molar-refractivity contribution in [3.8, 4) is 0 Å². The summed E-state index contributed by atoms with van der Waals surface area (Å²) >= 11 is 1.56. The number of amides is 2. The molecular formula is C24H23N3O2S. The lowest BCUT2D eigenvalue weighted by atomic mass is 10.0. The second-order valence-corrected chi connectivity index (χ2v) is 8.20. The van der Waals surface area contributed by atoms with Gasteiger partial charge in [-0.2, -0.15) is 5.10 Å². The van der Waals surface area contributed by atoms with Crippen molar-refractivity contribution in [2.24, 2.45) is 5.10 Å². The van der Waals surface area contributed by atoms with Gasteiger partial charge in [0.05, 0.1) is 12.1 Å². The van der Waals surface area contributed by atoms with Crippen LogP contribution in [0.1, 0.15) is 28.8 Å². The molecule has 0 radical (unpaired) electrons. The summed E-state index contributed by atoms with van der Waals surface area (Å²) in [5, 5.41) is 6.42. The number of likely N-dealkylation sites (tertiary alicyclic amines) is 1. The van der Waals surface area contributed by atoms with E-state index in [1.165, 1.54) is 0 Å². The number of nitrogens with zero attached hydrogens (tertiary/aromatic N) is 2. The third kappa shape index (κ3) is 4.66. The fourth-order valence-corrected chi connectivity index (χ4v) is 4.37. The highest BCUT2D eigenvalue weighted by atomic mass is 32.1. The zero-order valence-corrected chi connectivity index (χ0v) is 17.3. The Hall–Kier alpha value is -3.25. The molecule has 0 spiro atoms. The lowest BCUT2D eigenvalue weighted by molar-refractivity contribution is -0.137. The van der Waals surface area contributed by atoms with Gasteiger partial charge in [0.1, 0.15) is 6.04 Å². The van der Waals surface area contributed by atoms with E-state index >= 15 is 0 Å². The SMILES string of the molecule is O=C(NN=C(c1ccccc1)c1ccccc1)C1CCCN1C(=O)Cc1cccs1. The van der Waals surface area contributed by atoms with E-state index in [0.29, 0.717) is 25.1 Å². The molecule has 1 aliphatic heterocycles. The van der Waals surface area contributed by atoms with Crippen LogP contribution in [0.5, 0.6) is 0 Å². The fourth-order valence-electron chi connectivity index (χ4n) is 3.67. The zero-order chi connectivity index (χ0) is 20.8. The first kappa shape index (κ1) is 20.0. The molecule has 1 unspecified atom stereocenters. The summed E-state index contributed by atoms with van der Waals surface area (Å²) in [4.78, 5) is 28.3. The maximum atomic E-state index is 12.9. The first-order chi connectivity index (χ1) is 14.7. The van der Waals surface area contributed by atoms with Gasteiger partial charge in [0.25, 0.3) is 5.91 Å². The van der Waals surface area contributed by atoms with Crippen molar-refractivity contribution in [3.63, 3.8) is 0 Å². The molecule has 1 N–H and O–H groups in total. The Balaban J connectivity index is 1.50. The molecule has 152 valence electrons. The van der Waals surface area contributed by atoms with Crippen LogP contribution in [0.3, 0.4) is 0 Å². The molecule has 6 heteroatoms. The number of carbonyl (C=O) groups excluding carboxylic acids is 2. The van der Waals surface area contributed by atoms with Crippen molar-refractivity contribution in [2.45, 2.75) is 25.3 Å². The molecule has 0 aliphatic carbocycles. The van der Waals surface area contributed by atoms with Crippen molar-refractivity contribution >= 4 is 28.9 Å². The third-order valence-corrected chi connectivity index (χ3v) is 6.03.